The van der Waals surface area contributed by atoms with Crippen molar-refractivity contribution in [1.29, 1.82) is 0 Å². The SMILES string of the molecule is CC(C)n1c(=O)c2cnc(Nc3ccc4c(c3)CCC4)nc2n1-c1ccnc(C(C)(C)C)c1. The van der Waals surface area contributed by atoms with Gasteiger partial charge < -0.3 is 5.32 Å². The van der Waals surface area contributed by atoms with Gasteiger partial charge in [-0.15, -0.1) is 0 Å². The molecule has 0 unspecified atom stereocenters. The van der Waals surface area contributed by atoms with Crippen LogP contribution in [-0.2, 0) is 18.3 Å². The normalized spacial score (nSPS) is 13.6. The monoisotopic (exact) mass is 442 g/mol. The van der Waals surface area contributed by atoms with Gasteiger partial charge in [-0.3, -0.25) is 9.78 Å². The highest BCUT2D eigenvalue weighted by Gasteiger charge is 2.22. The Kier molecular flexibility index (Phi) is 5.07. The number of hydrogen-bond acceptors (Lipinski definition) is 5. The Morgan fingerprint density at radius 1 is 1.03 bits per heavy atom. The molecule has 1 N–H and O–H groups in total. The second-order valence-electron chi connectivity index (χ2n) is 10.1. The summed E-state index contributed by atoms with van der Waals surface area (Å²) in [6.07, 6.45) is 6.89. The molecular weight excluding hydrogens is 412 g/mol. The van der Waals surface area contributed by atoms with Crippen LogP contribution in [0.5, 0.6) is 0 Å². The summed E-state index contributed by atoms with van der Waals surface area (Å²) in [6, 6.07) is 10.3. The van der Waals surface area contributed by atoms with E-state index in [1.807, 2.05) is 30.7 Å². The summed E-state index contributed by atoms with van der Waals surface area (Å²) in [6.45, 7) is 10.4. The number of pyridine rings is 1. The van der Waals surface area contributed by atoms with E-state index in [0.29, 0.717) is 17.0 Å². The van der Waals surface area contributed by atoms with Gasteiger partial charge in [0, 0.05) is 35.2 Å². The molecule has 0 fully saturated rings. The lowest BCUT2D eigenvalue weighted by Gasteiger charge is -2.20. The molecule has 0 amide bonds. The maximum atomic E-state index is 13.3. The predicted octanol–water partition coefficient (Wildman–Crippen LogP) is 5.09. The van der Waals surface area contributed by atoms with Gasteiger partial charge in [-0.25, -0.2) is 14.3 Å². The molecule has 0 spiro atoms. The molecule has 3 aromatic heterocycles. The average Bonchev–Trinajstić information content (AvgIpc) is 3.35. The number of benzene rings is 1. The molecule has 4 aromatic rings. The van der Waals surface area contributed by atoms with Gasteiger partial charge in [0.25, 0.3) is 5.56 Å². The molecular formula is C26H30N6O. The van der Waals surface area contributed by atoms with Crippen molar-refractivity contribution in [3.05, 3.63) is 69.9 Å². The standard InChI is InChI=1S/C26H30N6O/c1-16(2)31-24(33)21-15-28-25(29-19-10-9-17-7-6-8-18(17)13-19)30-23(21)32(31)20-11-12-27-22(14-20)26(3,4)5/h9-16H,6-8H2,1-5H3,(H,28,29,30). The van der Waals surface area contributed by atoms with Gasteiger partial charge >= 0.3 is 0 Å². The first kappa shape index (κ1) is 21.4. The van der Waals surface area contributed by atoms with E-state index in [2.05, 4.69) is 54.3 Å². The second kappa shape index (κ2) is 7.83. The minimum Gasteiger partial charge on any atom is -0.324 e. The summed E-state index contributed by atoms with van der Waals surface area (Å²) in [5.74, 6) is 0.472. The van der Waals surface area contributed by atoms with E-state index in [1.54, 1.807) is 17.1 Å². The quantitative estimate of drug-likeness (QED) is 0.476. The van der Waals surface area contributed by atoms with Crippen molar-refractivity contribution in [3.63, 3.8) is 0 Å². The summed E-state index contributed by atoms with van der Waals surface area (Å²) >= 11 is 0. The van der Waals surface area contributed by atoms with Crippen molar-refractivity contribution >= 4 is 22.7 Å². The molecule has 0 aliphatic heterocycles. The maximum Gasteiger partial charge on any atom is 0.278 e. The fourth-order valence-corrected chi connectivity index (χ4v) is 4.51. The van der Waals surface area contributed by atoms with Crippen LogP contribution in [-0.4, -0.2) is 24.3 Å². The van der Waals surface area contributed by atoms with E-state index in [-0.39, 0.29) is 17.0 Å². The smallest absolute Gasteiger partial charge is 0.278 e. The largest absolute Gasteiger partial charge is 0.324 e. The van der Waals surface area contributed by atoms with E-state index in [0.717, 1.165) is 29.9 Å². The van der Waals surface area contributed by atoms with Crippen molar-refractivity contribution in [2.24, 2.45) is 0 Å². The summed E-state index contributed by atoms with van der Waals surface area (Å²) in [5, 5.41) is 3.84. The van der Waals surface area contributed by atoms with Gasteiger partial charge in [-0.05, 0) is 68.5 Å². The Balaban J connectivity index is 1.65. The highest BCUT2D eigenvalue weighted by atomic mass is 16.1. The Bertz CT molecular complexity index is 1410. The van der Waals surface area contributed by atoms with Gasteiger partial charge in [-0.1, -0.05) is 26.8 Å². The molecule has 3 heterocycles. The van der Waals surface area contributed by atoms with Crippen molar-refractivity contribution in [3.8, 4) is 5.69 Å². The van der Waals surface area contributed by atoms with Gasteiger partial charge in [0.1, 0.15) is 5.39 Å². The second-order valence-corrected chi connectivity index (χ2v) is 10.1. The number of aryl methyl sites for hydroxylation is 2. The lowest BCUT2D eigenvalue weighted by molar-refractivity contribution is 0.474. The number of aromatic nitrogens is 5. The molecule has 1 aliphatic carbocycles. The fourth-order valence-electron chi connectivity index (χ4n) is 4.51. The Morgan fingerprint density at radius 2 is 1.82 bits per heavy atom. The zero-order valence-corrected chi connectivity index (χ0v) is 19.9. The summed E-state index contributed by atoms with van der Waals surface area (Å²) < 4.78 is 3.63. The van der Waals surface area contributed by atoms with Crippen molar-refractivity contribution in [2.75, 3.05) is 5.32 Å². The molecule has 0 atom stereocenters. The van der Waals surface area contributed by atoms with Crippen molar-refractivity contribution in [1.82, 2.24) is 24.3 Å². The molecule has 170 valence electrons. The predicted molar refractivity (Wildman–Crippen MR) is 132 cm³/mol. The highest BCUT2D eigenvalue weighted by Crippen LogP contribution is 2.27. The van der Waals surface area contributed by atoms with Crippen LogP contribution in [0.1, 0.15) is 63.9 Å². The van der Waals surface area contributed by atoms with Crippen LogP contribution >= 0.6 is 0 Å². The number of fused-ring (bicyclic) bond motifs is 2. The van der Waals surface area contributed by atoms with E-state index < -0.39 is 0 Å². The zero-order valence-electron chi connectivity index (χ0n) is 19.9. The molecule has 7 heteroatoms. The highest BCUT2D eigenvalue weighted by molar-refractivity contribution is 5.77. The molecule has 33 heavy (non-hydrogen) atoms. The van der Waals surface area contributed by atoms with Gasteiger partial charge in [0.15, 0.2) is 5.65 Å². The third-order valence-corrected chi connectivity index (χ3v) is 6.22. The van der Waals surface area contributed by atoms with Crippen LogP contribution in [0.3, 0.4) is 0 Å². The first-order valence-corrected chi connectivity index (χ1v) is 11.6. The number of nitrogens with one attached hydrogen (secondary N) is 1. The molecule has 7 nitrogen and oxygen atoms in total. The van der Waals surface area contributed by atoms with E-state index in [1.165, 1.54) is 17.5 Å². The third-order valence-electron chi connectivity index (χ3n) is 6.22. The molecule has 0 radical (unpaired) electrons. The van der Waals surface area contributed by atoms with Crippen LogP contribution in [0.4, 0.5) is 11.6 Å². The number of hydrogen-bond donors (Lipinski definition) is 1. The first-order valence-electron chi connectivity index (χ1n) is 11.6. The molecule has 5 rings (SSSR count). The number of rotatable bonds is 4. The average molecular weight is 443 g/mol. The summed E-state index contributed by atoms with van der Waals surface area (Å²) in [5.41, 5.74) is 5.95. The van der Waals surface area contributed by atoms with Gasteiger partial charge in [0.2, 0.25) is 5.95 Å². The summed E-state index contributed by atoms with van der Waals surface area (Å²) in [4.78, 5) is 27.1. The van der Waals surface area contributed by atoms with Gasteiger partial charge in [-0.2, -0.15) is 4.98 Å². The zero-order chi connectivity index (χ0) is 23.3. The van der Waals surface area contributed by atoms with Crippen molar-refractivity contribution < 1.29 is 0 Å². The van der Waals surface area contributed by atoms with E-state index >= 15 is 0 Å². The van der Waals surface area contributed by atoms with E-state index in [9.17, 15) is 4.79 Å². The van der Waals surface area contributed by atoms with Gasteiger partial charge in [0.05, 0.1) is 5.69 Å². The van der Waals surface area contributed by atoms with E-state index in [4.69, 9.17) is 4.98 Å². The molecule has 1 aliphatic rings. The number of nitrogens with zero attached hydrogens (tertiary/aromatic N) is 5. The first-order chi connectivity index (χ1) is 15.7. The van der Waals surface area contributed by atoms with Crippen molar-refractivity contribution in [2.45, 2.75) is 65.3 Å². The number of anilines is 2. The van der Waals surface area contributed by atoms with Crippen LogP contribution in [0.15, 0.2) is 47.5 Å². The molecule has 0 bridgehead atoms. The van der Waals surface area contributed by atoms with Crippen LogP contribution < -0.4 is 10.9 Å². The lowest BCUT2D eigenvalue weighted by Crippen LogP contribution is -2.24. The molecule has 1 aromatic carbocycles. The van der Waals surface area contributed by atoms with Crippen LogP contribution in [0.25, 0.3) is 16.7 Å². The third kappa shape index (κ3) is 3.81. The Hall–Kier alpha value is -3.48. The summed E-state index contributed by atoms with van der Waals surface area (Å²) in [7, 11) is 0. The Morgan fingerprint density at radius 3 is 2.58 bits per heavy atom. The molecule has 0 saturated heterocycles. The lowest BCUT2D eigenvalue weighted by atomic mass is 9.91. The maximum absolute atomic E-state index is 13.3. The Labute approximate surface area is 193 Å². The minimum atomic E-state index is -0.114. The van der Waals surface area contributed by atoms with Crippen LogP contribution in [0.2, 0.25) is 0 Å². The fraction of sp³-hybridized carbons (Fsp3) is 0.385. The topological polar surface area (TPSA) is 77.6 Å². The molecule has 0 saturated carbocycles. The minimum absolute atomic E-state index is 0.0499. The van der Waals surface area contributed by atoms with Crippen LogP contribution in [0, 0.1) is 0 Å².